The van der Waals surface area contributed by atoms with E-state index < -0.39 is 310 Å². The van der Waals surface area contributed by atoms with Gasteiger partial charge in [-0.15, -0.1) is 0 Å². The van der Waals surface area contributed by atoms with Crippen molar-refractivity contribution in [3.8, 4) is 0 Å². The summed E-state index contributed by atoms with van der Waals surface area (Å²) in [7, 11) is 0. The van der Waals surface area contributed by atoms with Crippen LogP contribution < -0.4 is 10.6 Å². The molecule has 43 heteroatoms. The van der Waals surface area contributed by atoms with E-state index in [2.05, 4.69) is 10.6 Å². The summed E-state index contributed by atoms with van der Waals surface area (Å²) in [6, 6.07) is -3.44. The van der Waals surface area contributed by atoms with Gasteiger partial charge in [0.1, 0.15) is 195 Å². The number of carbonyl (C=O) groups is 2. The van der Waals surface area contributed by atoms with Crippen molar-refractivity contribution in [2.24, 2.45) is 0 Å². The Morgan fingerprint density at radius 3 is 1.02 bits per heavy atom. The third-order valence-electron chi connectivity index (χ3n) is 17.4. The van der Waals surface area contributed by atoms with Crippen LogP contribution in [0.1, 0.15) is 13.8 Å². The maximum absolute atomic E-state index is 12.8. The summed E-state index contributed by atoms with van der Waals surface area (Å²) in [4.78, 5) is 24.8. The summed E-state index contributed by atoms with van der Waals surface area (Å²) in [6.45, 7) is -6.24. The van der Waals surface area contributed by atoms with E-state index in [1.165, 1.54) is 0 Å². The molecule has 8 heterocycles. The number of ether oxygens (including phenoxy) is 15. The maximum Gasteiger partial charge on any atom is 0.217 e. The number of aliphatic hydroxyl groups is 24. The van der Waals surface area contributed by atoms with E-state index in [0.717, 1.165) is 13.8 Å². The number of carbonyl (C=O) groups excluding carboxylic acids is 2. The first-order chi connectivity index (χ1) is 44.9. The summed E-state index contributed by atoms with van der Waals surface area (Å²) in [5.74, 6) is -1.65. The predicted octanol–water partition coefficient (Wildman–Crippen LogP) is -18.2. The molecule has 40 atom stereocenters. The van der Waals surface area contributed by atoms with Gasteiger partial charge in [0.25, 0.3) is 0 Å². The quantitative estimate of drug-likeness (QED) is 0.0427. The van der Waals surface area contributed by atoms with Crippen molar-refractivity contribution in [2.45, 2.75) is 259 Å². The average molecular weight is 1400 g/mol. The van der Waals surface area contributed by atoms with Gasteiger partial charge in [-0.05, 0) is 0 Å². The standard InChI is InChI=1S/C52H88N2O41/c1-11(61)53-21-29(69)40(17(7-59)83-45(21)80)91-46-22(54-12(2)62)30(70)41(18(8-60)88-46)92-51-39(79)43(93-49-36(76)32(72)24(64)14(4-56)85-49)28(68)20(90-51)10-82-48-38(78)42(27(67)19(89-48)9-81-47-35(75)31(71)23(63)13(3-55)84-47)94-52-44(34(74)26(66)16(6-58)87-52)95-50-37(77)33(73)25(65)15(5-57)86-50/h13-52,55-60,63-80H,3-10H2,1-2H3,(H,53,61)(H,54,62)/t13-,14-,15-,16-,17-,18-,19-,20-,21-,22-,23-,24-,25-,26-,27-,28-,29-,30-,31+,32+,33+,34+,35+,36+,37+,38+,39+,40-,41-,42+,43+,44+,45?,46+,47+,48+,49-,50-,51+,52-/m1/s1. The fourth-order valence-corrected chi connectivity index (χ4v) is 12.1. The zero-order valence-electron chi connectivity index (χ0n) is 50.4. The van der Waals surface area contributed by atoms with Crippen molar-refractivity contribution in [3.63, 3.8) is 0 Å². The van der Waals surface area contributed by atoms with Crippen molar-refractivity contribution >= 4 is 11.8 Å². The highest BCUT2D eigenvalue weighted by molar-refractivity contribution is 5.73. The number of hydrogen-bond acceptors (Lipinski definition) is 41. The van der Waals surface area contributed by atoms with Gasteiger partial charge in [-0.25, -0.2) is 0 Å². The van der Waals surface area contributed by atoms with Crippen LogP contribution in [0.25, 0.3) is 0 Å². The van der Waals surface area contributed by atoms with Crippen LogP contribution >= 0.6 is 0 Å². The number of aliphatic hydroxyl groups excluding tert-OH is 24. The van der Waals surface area contributed by atoms with Gasteiger partial charge in [-0.3, -0.25) is 9.59 Å². The number of rotatable bonds is 24. The van der Waals surface area contributed by atoms with Crippen molar-refractivity contribution in [1.82, 2.24) is 10.6 Å². The number of amides is 2. The van der Waals surface area contributed by atoms with Crippen molar-refractivity contribution < 1.29 is 203 Å². The molecule has 43 nitrogen and oxygen atoms in total. The van der Waals surface area contributed by atoms with E-state index in [-0.39, 0.29) is 0 Å². The van der Waals surface area contributed by atoms with E-state index >= 15 is 0 Å². The van der Waals surface area contributed by atoms with Crippen LogP contribution in [0.2, 0.25) is 0 Å². The molecule has 8 fully saturated rings. The Hall–Kier alpha value is -2.62. The third kappa shape index (κ3) is 17.0. The second kappa shape index (κ2) is 33.9. The van der Waals surface area contributed by atoms with Crippen LogP contribution in [0.5, 0.6) is 0 Å². The lowest BCUT2D eigenvalue weighted by molar-refractivity contribution is -0.395. The fourth-order valence-electron chi connectivity index (χ4n) is 12.1. The zero-order chi connectivity index (χ0) is 69.9. The van der Waals surface area contributed by atoms with E-state index in [4.69, 9.17) is 71.1 Å². The first-order valence-electron chi connectivity index (χ1n) is 30.1. The third-order valence-corrected chi connectivity index (χ3v) is 17.4. The Morgan fingerprint density at radius 2 is 0.568 bits per heavy atom. The van der Waals surface area contributed by atoms with Crippen molar-refractivity contribution in [2.75, 3.05) is 52.9 Å². The van der Waals surface area contributed by atoms with Gasteiger partial charge >= 0.3 is 0 Å². The molecule has 0 aromatic heterocycles. The monoisotopic (exact) mass is 1400 g/mol. The molecule has 0 saturated carbocycles. The Morgan fingerprint density at radius 1 is 0.274 bits per heavy atom. The predicted molar refractivity (Wildman–Crippen MR) is 288 cm³/mol. The molecule has 8 saturated heterocycles. The minimum Gasteiger partial charge on any atom is -0.394 e. The average Bonchev–Trinajstić information content (AvgIpc) is 0.785. The lowest BCUT2D eigenvalue weighted by atomic mass is 9.94. The Kier molecular flexibility index (Phi) is 27.9. The molecular formula is C52H88N2O41. The van der Waals surface area contributed by atoms with Crippen LogP contribution in [0.3, 0.4) is 0 Å². The van der Waals surface area contributed by atoms with Gasteiger partial charge in [-0.1, -0.05) is 0 Å². The lowest BCUT2D eigenvalue weighted by Crippen LogP contribution is -2.70. The molecule has 1 unspecified atom stereocenters. The van der Waals surface area contributed by atoms with Gasteiger partial charge < -0.3 is 204 Å². The zero-order valence-corrected chi connectivity index (χ0v) is 50.4. The van der Waals surface area contributed by atoms with E-state index in [1.807, 2.05) is 0 Å². The fraction of sp³-hybridized carbons (Fsp3) is 0.962. The van der Waals surface area contributed by atoms with Crippen LogP contribution in [0, 0.1) is 0 Å². The molecule has 8 aliphatic heterocycles. The van der Waals surface area contributed by atoms with Gasteiger partial charge in [-0.2, -0.15) is 0 Å². The second-order valence-electron chi connectivity index (χ2n) is 23.9. The van der Waals surface area contributed by atoms with Gasteiger partial charge in [0, 0.05) is 13.8 Å². The smallest absolute Gasteiger partial charge is 0.217 e. The second-order valence-corrected chi connectivity index (χ2v) is 23.9. The first-order valence-corrected chi connectivity index (χ1v) is 30.1. The van der Waals surface area contributed by atoms with Crippen molar-refractivity contribution in [1.29, 1.82) is 0 Å². The van der Waals surface area contributed by atoms with Crippen LogP contribution in [-0.2, 0) is 80.6 Å². The van der Waals surface area contributed by atoms with Gasteiger partial charge in [0.15, 0.2) is 50.3 Å². The highest BCUT2D eigenvalue weighted by atomic mass is 16.8. The first kappa shape index (κ1) is 78.1. The summed E-state index contributed by atoms with van der Waals surface area (Å²) in [5, 5.41) is 266. The summed E-state index contributed by atoms with van der Waals surface area (Å²) in [6.07, 6.45) is -77.7. The van der Waals surface area contributed by atoms with Crippen LogP contribution in [0.15, 0.2) is 0 Å². The van der Waals surface area contributed by atoms with E-state index in [0.29, 0.717) is 0 Å². The topological polar surface area (TPSA) is 682 Å². The molecule has 2 amide bonds. The molecule has 0 aromatic rings. The number of hydrogen-bond donors (Lipinski definition) is 26. The highest BCUT2D eigenvalue weighted by Gasteiger charge is 2.59. The largest absolute Gasteiger partial charge is 0.394 e. The van der Waals surface area contributed by atoms with Crippen LogP contribution in [0.4, 0.5) is 0 Å². The summed E-state index contributed by atoms with van der Waals surface area (Å²) in [5.41, 5.74) is 0. The maximum atomic E-state index is 12.8. The SMILES string of the molecule is CC(=O)N[C@H]1[C@H](O[C@H]2[C@H](O)[C@@H](NC(C)=O)C(O)O[C@@H]2CO)O[C@H](CO)[C@@H](O[C@@H]2O[C@H](CO[C@H]3O[C@H](CO[C@H]4O[C@H](CO)[C@@H](O)[C@H](O)[C@@H]4O)[C@@H](O)[C@H](O[C@H]4O[C@H](CO)[C@@H](O)[C@H](O)[C@@H]4O[C@H]4O[C@H](CO)[C@@H](O)[C@H](O)[C@@H]4O)[C@@H]3O)[C@@H](O)[C@H](O[C@H]3O[C@H](CO)[C@@H](O)[C@H](O)[C@@H]3O)[C@@H]2O)[C@@H]1O. The molecular weight excluding hydrogens is 1310 g/mol. The molecule has 95 heavy (non-hydrogen) atoms. The van der Waals surface area contributed by atoms with E-state index in [9.17, 15) is 132 Å². The molecule has 0 radical (unpaired) electrons. The Balaban J connectivity index is 1.10. The molecule has 26 N–H and O–H groups in total. The summed E-state index contributed by atoms with van der Waals surface area (Å²) < 4.78 is 86.6. The molecule has 0 bridgehead atoms. The normalized spacial score (nSPS) is 50.8. The number of nitrogens with one attached hydrogen (secondary N) is 2. The lowest BCUT2D eigenvalue weighted by Gasteiger charge is -2.50. The molecule has 8 rings (SSSR count). The summed E-state index contributed by atoms with van der Waals surface area (Å²) >= 11 is 0. The Bertz CT molecular complexity index is 2380. The van der Waals surface area contributed by atoms with Gasteiger partial charge in [0.2, 0.25) is 11.8 Å². The molecule has 0 spiro atoms. The Labute approximate surface area is 536 Å². The molecule has 0 aliphatic carbocycles. The molecule has 552 valence electrons. The van der Waals surface area contributed by atoms with Gasteiger partial charge in [0.05, 0.1) is 52.9 Å². The molecule has 0 aromatic carbocycles. The molecule has 8 aliphatic rings. The van der Waals surface area contributed by atoms with Crippen LogP contribution in [-0.4, -0.2) is 433 Å². The minimum atomic E-state index is -2.41. The minimum absolute atomic E-state index is 0.757. The van der Waals surface area contributed by atoms with Crippen molar-refractivity contribution in [3.05, 3.63) is 0 Å². The highest BCUT2D eigenvalue weighted by Crippen LogP contribution is 2.38. The van der Waals surface area contributed by atoms with E-state index in [1.54, 1.807) is 0 Å².